The van der Waals surface area contributed by atoms with Gasteiger partial charge in [0.25, 0.3) is 0 Å². The zero-order valence-corrected chi connectivity index (χ0v) is 14.6. The molecule has 0 radical (unpaired) electrons. The van der Waals surface area contributed by atoms with Gasteiger partial charge in [0.15, 0.2) is 0 Å². The van der Waals surface area contributed by atoms with Crippen LogP contribution in [0.15, 0.2) is 21.6 Å². The Labute approximate surface area is 119 Å². The zero-order valence-electron chi connectivity index (χ0n) is 12.1. The van der Waals surface area contributed by atoms with Crippen LogP contribution in [0.25, 0.3) is 0 Å². The van der Waals surface area contributed by atoms with Crippen LogP contribution in [0, 0.1) is 0 Å². The molecule has 1 unspecified atom stereocenters. The Bertz CT molecular complexity index is 337. The molecule has 0 N–H and O–H groups in total. The van der Waals surface area contributed by atoms with Crippen molar-refractivity contribution in [2.24, 2.45) is 0 Å². The average molecular weight is 285 g/mol. The van der Waals surface area contributed by atoms with Gasteiger partial charge in [-0.3, -0.25) is 0 Å². The Balaban J connectivity index is 2.94. The summed E-state index contributed by atoms with van der Waals surface area (Å²) in [6.07, 6.45) is 6.93. The minimum atomic E-state index is -1.68. The van der Waals surface area contributed by atoms with Gasteiger partial charge in [-0.05, 0) is 0 Å². The fourth-order valence-electron chi connectivity index (χ4n) is 2.79. The van der Waals surface area contributed by atoms with Crippen molar-refractivity contribution >= 4 is 8.32 Å². The van der Waals surface area contributed by atoms with Crippen LogP contribution in [0.5, 0.6) is 0 Å². The third-order valence-electron chi connectivity index (χ3n) is 3.16. The molecule has 95 valence electrons. The first-order chi connectivity index (χ1) is 7.67. The molecule has 0 heterocycles. The summed E-state index contributed by atoms with van der Waals surface area (Å²) in [4.78, 5) is 0. The van der Waals surface area contributed by atoms with Crippen molar-refractivity contribution in [2.45, 2.75) is 64.8 Å². The van der Waals surface area contributed by atoms with Crippen molar-refractivity contribution in [3.63, 3.8) is 0 Å². The quantitative estimate of drug-likeness (QED) is 0.689. The Morgan fingerprint density at radius 2 is 2.00 bits per heavy atom. The first-order valence-corrected chi connectivity index (χ1v) is 10.3. The second-order valence-corrected chi connectivity index (χ2v) is 11.4. The van der Waals surface area contributed by atoms with Crippen LogP contribution < -0.4 is 0 Å². The topological polar surface area (TPSA) is 9.23 Å². The molecule has 1 rings (SSSR count). The van der Waals surface area contributed by atoms with Gasteiger partial charge in [0, 0.05) is 0 Å². The molecule has 0 bridgehead atoms. The zero-order chi connectivity index (χ0) is 13.3. The third-order valence-corrected chi connectivity index (χ3v) is 7.47. The molecule has 0 aromatic heterocycles. The van der Waals surface area contributed by atoms with Gasteiger partial charge in [-0.15, -0.1) is 0 Å². The Morgan fingerprint density at radius 1 is 1.41 bits per heavy atom. The van der Waals surface area contributed by atoms with Crippen LogP contribution in [0.3, 0.4) is 0 Å². The van der Waals surface area contributed by atoms with E-state index in [1.807, 2.05) is 0 Å². The monoisotopic (exact) mass is 285 g/mol. The molecule has 1 atom stereocenters. The summed E-state index contributed by atoms with van der Waals surface area (Å²) < 4.78 is 7.95. The van der Waals surface area contributed by atoms with E-state index in [-0.39, 0.29) is 5.60 Å². The molecule has 1 aliphatic carbocycles. The molecule has 17 heavy (non-hydrogen) atoms. The van der Waals surface area contributed by atoms with Crippen LogP contribution in [-0.4, -0.2) is 13.9 Å². The van der Waals surface area contributed by atoms with Crippen LogP contribution >= 0.6 is 0 Å². The molecule has 0 aromatic carbocycles. The van der Waals surface area contributed by atoms with E-state index in [1.165, 1.54) is 10.3 Å². The minimum absolute atomic E-state index is 0.0279. The van der Waals surface area contributed by atoms with Gasteiger partial charge in [0.2, 0.25) is 0 Å². The van der Waals surface area contributed by atoms with Crippen molar-refractivity contribution in [3.8, 4) is 0 Å². The fourth-order valence-corrected chi connectivity index (χ4v) is 7.33. The number of hydrogen-bond donors (Lipinski definition) is 0. The molecule has 0 spiro atoms. The van der Waals surface area contributed by atoms with E-state index in [0.717, 1.165) is 6.42 Å². The van der Waals surface area contributed by atoms with E-state index in [2.05, 4.69) is 73.4 Å². The normalized spacial score (nSPS) is 18.9. The van der Waals surface area contributed by atoms with Gasteiger partial charge in [-0.1, -0.05) is 0 Å². The molecule has 0 amide bonds. The van der Waals surface area contributed by atoms with E-state index in [0.29, 0.717) is 5.54 Å². The van der Waals surface area contributed by atoms with Crippen molar-refractivity contribution in [1.29, 1.82) is 0 Å². The maximum absolute atomic E-state index is 6.41. The molecule has 3 heteroatoms. The second kappa shape index (κ2) is 5.56. The first kappa shape index (κ1) is 15.4. The predicted octanol–water partition coefficient (Wildman–Crippen LogP) is 4.55. The predicted molar refractivity (Wildman–Crippen MR) is 73.1 cm³/mol. The summed E-state index contributed by atoms with van der Waals surface area (Å²) in [5, 5.41) is 0. The molecule has 0 saturated heterocycles. The van der Waals surface area contributed by atoms with E-state index >= 15 is 0 Å². The van der Waals surface area contributed by atoms with Crippen molar-refractivity contribution in [1.82, 2.24) is 0 Å². The Morgan fingerprint density at radius 3 is 2.35 bits per heavy atom. The second-order valence-electron chi connectivity index (χ2n) is 6.32. The van der Waals surface area contributed by atoms with Gasteiger partial charge >= 0.3 is 120 Å². The van der Waals surface area contributed by atoms with Crippen LogP contribution in [-0.2, 0) is 24.9 Å². The SMILES string of the molecule is CCC(C1=[C]([Ti])CC=C1)[Si](C)(C)OC(C)(C)C. The summed E-state index contributed by atoms with van der Waals surface area (Å²) in [6.45, 7) is 13.5. The maximum atomic E-state index is 6.41. The molecule has 1 nitrogen and oxygen atoms in total. The molecule has 0 fully saturated rings. The number of allylic oxidation sites excluding steroid dienone is 4. The fraction of sp³-hybridized carbons (Fsp3) is 0.714. The number of hydrogen-bond acceptors (Lipinski definition) is 1. The molecule has 0 aliphatic heterocycles. The summed E-state index contributed by atoms with van der Waals surface area (Å²) in [7, 11) is -1.68. The molecular weight excluding hydrogens is 260 g/mol. The standard InChI is InChI=1S/C14H25OSi.Ti/c1-7-13(12-10-8-9-11-12)16(5,6)15-14(2,3)4;/h8,10,13H,7,9H2,1-6H3;. The van der Waals surface area contributed by atoms with Gasteiger partial charge in [-0.25, -0.2) is 0 Å². The van der Waals surface area contributed by atoms with Crippen LogP contribution in [0.4, 0.5) is 0 Å². The van der Waals surface area contributed by atoms with Crippen LogP contribution in [0.2, 0.25) is 18.6 Å². The average Bonchev–Trinajstić information content (AvgIpc) is 2.48. The molecule has 0 aromatic rings. The Hall–Kier alpha value is 0.371. The van der Waals surface area contributed by atoms with Crippen molar-refractivity contribution < 1.29 is 24.9 Å². The van der Waals surface area contributed by atoms with E-state index in [1.54, 1.807) is 5.57 Å². The van der Waals surface area contributed by atoms with Gasteiger partial charge in [0.1, 0.15) is 0 Å². The summed E-state index contributed by atoms with van der Waals surface area (Å²) in [5.74, 6) is 0. The van der Waals surface area contributed by atoms with Crippen molar-refractivity contribution in [3.05, 3.63) is 21.6 Å². The van der Waals surface area contributed by atoms with E-state index in [4.69, 9.17) is 4.43 Å². The van der Waals surface area contributed by atoms with Crippen LogP contribution in [0.1, 0.15) is 40.5 Å². The van der Waals surface area contributed by atoms with Gasteiger partial charge < -0.3 is 0 Å². The molecular formula is C14H25OSiTi. The third kappa shape index (κ3) is 4.20. The summed E-state index contributed by atoms with van der Waals surface area (Å²) >= 11 is 2.26. The van der Waals surface area contributed by atoms with Gasteiger partial charge in [0.05, 0.1) is 0 Å². The number of rotatable bonds is 4. The first-order valence-electron chi connectivity index (χ1n) is 6.48. The Kier molecular flexibility index (Phi) is 5.05. The summed E-state index contributed by atoms with van der Waals surface area (Å²) in [5.41, 5.74) is 2.15. The van der Waals surface area contributed by atoms with Gasteiger partial charge in [-0.2, -0.15) is 0 Å². The van der Waals surface area contributed by atoms with E-state index < -0.39 is 8.32 Å². The summed E-state index contributed by atoms with van der Waals surface area (Å²) in [6, 6.07) is 0. The molecule has 0 saturated carbocycles. The van der Waals surface area contributed by atoms with E-state index in [9.17, 15) is 0 Å². The van der Waals surface area contributed by atoms with Crippen molar-refractivity contribution in [2.75, 3.05) is 0 Å². The molecule has 1 aliphatic rings.